The Morgan fingerprint density at radius 2 is 2.33 bits per heavy atom. The lowest BCUT2D eigenvalue weighted by atomic mass is 9.91. The van der Waals surface area contributed by atoms with E-state index >= 15 is 0 Å². The highest BCUT2D eigenvalue weighted by atomic mass is 16.5. The summed E-state index contributed by atoms with van der Waals surface area (Å²) >= 11 is 0. The molecule has 0 saturated carbocycles. The lowest BCUT2D eigenvalue weighted by Gasteiger charge is -2.42. The molecule has 0 aromatic carbocycles. The first kappa shape index (κ1) is 14.8. The number of piperazine rings is 1. The fraction of sp³-hybridized carbons (Fsp3) is 0.706. The van der Waals surface area contributed by atoms with Crippen LogP contribution in [0.1, 0.15) is 43.9 Å². The first-order valence-corrected chi connectivity index (χ1v) is 8.29. The van der Waals surface area contributed by atoms with Crippen molar-refractivity contribution in [1.82, 2.24) is 10.3 Å². The molecule has 1 unspecified atom stereocenters. The quantitative estimate of drug-likeness (QED) is 0.923. The van der Waals surface area contributed by atoms with Crippen LogP contribution in [-0.4, -0.2) is 36.8 Å². The molecule has 0 radical (unpaired) electrons. The van der Waals surface area contributed by atoms with Gasteiger partial charge in [-0.2, -0.15) is 0 Å². The average Bonchev–Trinajstić information content (AvgIpc) is 2.51. The Hall–Kier alpha value is -1.13. The van der Waals surface area contributed by atoms with Crippen LogP contribution in [-0.2, 0) is 24.2 Å². The summed E-state index contributed by atoms with van der Waals surface area (Å²) in [7, 11) is 0. The van der Waals surface area contributed by atoms with Crippen LogP contribution in [0, 0.1) is 0 Å². The van der Waals surface area contributed by atoms with Gasteiger partial charge in [0.15, 0.2) is 0 Å². The molecule has 4 nitrogen and oxygen atoms in total. The molecule has 1 aromatic rings. The van der Waals surface area contributed by atoms with Crippen LogP contribution in [0.25, 0.3) is 0 Å². The van der Waals surface area contributed by atoms with Crippen molar-refractivity contribution in [2.45, 2.75) is 58.8 Å². The highest BCUT2D eigenvalue weighted by Crippen LogP contribution is 2.33. The van der Waals surface area contributed by atoms with E-state index in [1.165, 1.54) is 28.9 Å². The number of aromatic nitrogens is 1. The number of hydrogen-bond donors (Lipinski definition) is 1. The van der Waals surface area contributed by atoms with Crippen LogP contribution < -0.4 is 10.2 Å². The first-order chi connectivity index (χ1) is 10.2. The average molecular weight is 289 g/mol. The number of pyridine rings is 1. The monoisotopic (exact) mass is 289 g/mol. The maximum absolute atomic E-state index is 5.80. The molecule has 1 aromatic heterocycles. The molecule has 4 heteroatoms. The lowest BCUT2D eigenvalue weighted by Crippen LogP contribution is -2.53. The summed E-state index contributed by atoms with van der Waals surface area (Å²) in [6.45, 7) is 10.4. The van der Waals surface area contributed by atoms with Crippen molar-refractivity contribution in [2.75, 3.05) is 24.5 Å². The Morgan fingerprint density at radius 1 is 1.48 bits per heavy atom. The molecule has 1 N–H and O–H groups in total. The van der Waals surface area contributed by atoms with Gasteiger partial charge in [0.2, 0.25) is 0 Å². The van der Waals surface area contributed by atoms with E-state index in [0.29, 0.717) is 12.6 Å². The van der Waals surface area contributed by atoms with E-state index in [4.69, 9.17) is 9.72 Å². The zero-order valence-electron chi connectivity index (χ0n) is 13.5. The molecule has 2 aliphatic heterocycles. The van der Waals surface area contributed by atoms with Gasteiger partial charge in [-0.3, -0.25) is 0 Å². The molecule has 1 saturated heterocycles. The summed E-state index contributed by atoms with van der Waals surface area (Å²) < 4.78 is 5.80. The van der Waals surface area contributed by atoms with Gasteiger partial charge in [-0.05, 0) is 49.8 Å². The molecule has 0 bridgehead atoms. The van der Waals surface area contributed by atoms with Gasteiger partial charge in [-0.15, -0.1) is 0 Å². The molecule has 1 atom stereocenters. The number of nitrogens with one attached hydrogen (secondary N) is 1. The highest BCUT2D eigenvalue weighted by molar-refractivity contribution is 5.56. The third kappa shape index (κ3) is 2.92. The van der Waals surface area contributed by atoms with Crippen molar-refractivity contribution in [3.8, 4) is 0 Å². The number of fused-ring (bicyclic) bond motifs is 3. The van der Waals surface area contributed by atoms with Gasteiger partial charge in [0.1, 0.15) is 5.82 Å². The maximum atomic E-state index is 5.80. The number of rotatable bonds is 4. The van der Waals surface area contributed by atoms with Gasteiger partial charge in [-0.1, -0.05) is 6.92 Å². The van der Waals surface area contributed by atoms with Gasteiger partial charge < -0.3 is 15.0 Å². The lowest BCUT2D eigenvalue weighted by molar-refractivity contribution is 0.0651. The number of hydrogen-bond acceptors (Lipinski definition) is 4. The number of ether oxygens (including phenoxy) is 1. The van der Waals surface area contributed by atoms with Gasteiger partial charge in [0.25, 0.3) is 0 Å². The summed E-state index contributed by atoms with van der Waals surface area (Å²) in [5.41, 5.74) is 4.22. The fourth-order valence-corrected chi connectivity index (χ4v) is 3.56. The van der Waals surface area contributed by atoms with E-state index in [0.717, 1.165) is 32.5 Å². The van der Waals surface area contributed by atoms with E-state index < -0.39 is 0 Å². The second-order valence-electron chi connectivity index (χ2n) is 6.37. The van der Waals surface area contributed by atoms with E-state index in [-0.39, 0.29) is 6.10 Å². The SMILES string of the molecule is CCc1c(COC(C)C)cnc2c1CCC1CNCCN21. The second-order valence-corrected chi connectivity index (χ2v) is 6.37. The van der Waals surface area contributed by atoms with Gasteiger partial charge in [-0.25, -0.2) is 4.98 Å². The fourth-order valence-electron chi connectivity index (χ4n) is 3.56. The van der Waals surface area contributed by atoms with Gasteiger partial charge in [0.05, 0.1) is 12.7 Å². The largest absolute Gasteiger partial charge is 0.374 e. The van der Waals surface area contributed by atoms with E-state index in [9.17, 15) is 0 Å². The maximum Gasteiger partial charge on any atom is 0.132 e. The van der Waals surface area contributed by atoms with Crippen LogP contribution >= 0.6 is 0 Å². The normalized spacial score (nSPS) is 21.3. The van der Waals surface area contributed by atoms with Crippen molar-refractivity contribution >= 4 is 5.82 Å². The summed E-state index contributed by atoms with van der Waals surface area (Å²) in [6.07, 6.45) is 5.78. The standard InChI is InChI=1S/C17H27N3O/c1-4-15-13(11-21-12(2)3)9-19-17-16(15)6-5-14-10-18-7-8-20(14)17/h9,12,14,18H,4-8,10-11H2,1-3H3. The van der Waals surface area contributed by atoms with Crippen molar-refractivity contribution < 1.29 is 4.74 Å². The second kappa shape index (κ2) is 6.32. The van der Waals surface area contributed by atoms with Crippen molar-refractivity contribution in [3.05, 3.63) is 22.9 Å². The molecule has 0 aliphatic carbocycles. The van der Waals surface area contributed by atoms with Crippen molar-refractivity contribution in [2.24, 2.45) is 0 Å². The molecule has 1 fully saturated rings. The molecule has 0 amide bonds. The van der Waals surface area contributed by atoms with Crippen LogP contribution in [0.5, 0.6) is 0 Å². The van der Waals surface area contributed by atoms with E-state index in [1.807, 2.05) is 6.20 Å². The van der Waals surface area contributed by atoms with Gasteiger partial charge >= 0.3 is 0 Å². The van der Waals surface area contributed by atoms with Crippen molar-refractivity contribution in [1.29, 1.82) is 0 Å². The van der Waals surface area contributed by atoms with Crippen LogP contribution in [0.2, 0.25) is 0 Å². The molecule has 3 heterocycles. The molecule has 116 valence electrons. The summed E-state index contributed by atoms with van der Waals surface area (Å²) in [5, 5.41) is 3.50. The van der Waals surface area contributed by atoms with Crippen LogP contribution in [0.15, 0.2) is 6.20 Å². The Balaban J connectivity index is 1.91. The Labute approximate surface area is 127 Å². The third-order valence-corrected chi connectivity index (χ3v) is 4.64. The van der Waals surface area contributed by atoms with Crippen LogP contribution in [0.3, 0.4) is 0 Å². The minimum Gasteiger partial charge on any atom is -0.374 e. The Bertz CT molecular complexity index is 501. The zero-order chi connectivity index (χ0) is 14.8. The third-order valence-electron chi connectivity index (χ3n) is 4.64. The summed E-state index contributed by atoms with van der Waals surface area (Å²) in [6, 6.07) is 0.626. The highest BCUT2D eigenvalue weighted by Gasteiger charge is 2.31. The van der Waals surface area contributed by atoms with E-state index in [1.54, 1.807) is 0 Å². The zero-order valence-corrected chi connectivity index (χ0v) is 13.5. The predicted octanol–water partition coefficient (Wildman–Crippen LogP) is 2.29. The van der Waals surface area contributed by atoms with E-state index in [2.05, 4.69) is 31.0 Å². The first-order valence-electron chi connectivity index (χ1n) is 8.29. The smallest absolute Gasteiger partial charge is 0.132 e. The summed E-state index contributed by atoms with van der Waals surface area (Å²) in [4.78, 5) is 7.32. The van der Waals surface area contributed by atoms with Crippen molar-refractivity contribution in [3.63, 3.8) is 0 Å². The van der Waals surface area contributed by atoms with Gasteiger partial charge in [0, 0.05) is 31.9 Å². The van der Waals surface area contributed by atoms with Crippen LogP contribution in [0.4, 0.5) is 5.82 Å². The minimum atomic E-state index is 0.267. The Morgan fingerprint density at radius 3 is 3.10 bits per heavy atom. The molecule has 21 heavy (non-hydrogen) atoms. The molecule has 0 spiro atoms. The number of anilines is 1. The molecular formula is C17H27N3O. The minimum absolute atomic E-state index is 0.267. The Kier molecular flexibility index (Phi) is 4.45. The predicted molar refractivity (Wildman–Crippen MR) is 85.9 cm³/mol. The molecule has 3 rings (SSSR count). The number of nitrogens with zero attached hydrogens (tertiary/aromatic N) is 2. The topological polar surface area (TPSA) is 37.4 Å². The summed E-state index contributed by atoms with van der Waals surface area (Å²) in [5.74, 6) is 1.23. The molecule has 2 aliphatic rings. The molecular weight excluding hydrogens is 262 g/mol.